The van der Waals surface area contributed by atoms with Gasteiger partial charge in [-0.3, -0.25) is 9.97 Å². The molecule has 0 atom stereocenters. The molecule has 5 nitrogen and oxygen atoms in total. The van der Waals surface area contributed by atoms with Gasteiger partial charge in [-0.2, -0.15) is 4.98 Å². The van der Waals surface area contributed by atoms with Crippen molar-refractivity contribution in [3.05, 3.63) is 63.4 Å². The predicted octanol–water partition coefficient (Wildman–Crippen LogP) is 2.49. The minimum Gasteiger partial charge on any atom is -0.291 e. The molecule has 0 aliphatic rings. The second kappa shape index (κ2) is 4.39. The zero-order valence-corrected chi connectivity index (χ0v) is 11.5. The van der Waals surface area contributed by atoms with Gasteiger partial charge in [-0.1, -0.05) is 30.3 Å². The number of nitrogens with one attached hydrogen (secondary N) is 2. The minimum absolute atomic E-state index is 0.281. The van der Waals surface area contributed by atoms with Crippen molar-refractivity contribution in [2.24, 2.45) is 0 Å². The Kier molecular flexibility index (Phi) is 2.52. The van der Waals surface area contributed by atoms with Crippen LogP contribution in [0.3, 0.4) is 0 Å². The van der Waals surface area contributed by atoms with E-state index in [-0.39, 0.29) is 5.82 Å². The average molecular weight is 295 g/mol. The lowest BCUT2D eigenvalue weighted by Crippen LogP contribution is -2.25. The highest BCUT2D eigenvalue weighted by Crippen LogP contribution is 2.35. The van der Waals surface area contributed by atoms with Crippen molar-refractivity contribution < 1.29 is 0 Å². The zero-order chi connectivity index (χ0) is 14.4. The van der Waals surface area contributed by atoms with Gasteiger partial charge in [0.1, 0.15) is 5.82 Å². The highest BCUT2D eigenvalue weighted by molar-refractivity contribution is 7.25. The summed E-state index contributed by atoms with van der Waals surface area (Å²) < 4.78 is 2.30. The van der Waals surface area contributed by atoms with Crippen LogP contribution in [0.5, 0.6) is 0 Å². The summed E-state index contributed by atoms with van der Waals surface area (Å²) >= 11 is 1.67. The average Bonchev–Trinajstić information content (AvgIpc) is 2.83. The Morgan fingerprint density at radius 3 is 2.57 bits per heavy atom. The van der Waals surface area contributed by atoms with Crippen LogP contribution < -0.4 is 11.4 Å². The molecule has 0 aliphatic carbocycles. The van der Waals surface area contributed by atoms with Crippen LogP contribution >= 0.6 is 11.3 Å². The van der Waals surface area contributed by atoms with E-state index in [2.05, 4.69) is 27.1 Å². The molecule has 2 N–H and O–H groups in total. The maximum atomic E-state index is 11.3. The second-order valence-corrected chi connectivity index (χ2v) is 5.74. The number of fused-ring (bicyclic) bond motifs is 3. The Labute approximate surface area is 121 Å². The largest absolute Gasteiger partial charge is 0.351 e. The molecule has 0 amide bonds. The number of hydrogen-bond donors (Lipinski definition) is 2. The summed E-state index contributed by atoms with van der Waals surface area (Å²) in [5.41, 5.74) is -0.483. The quantitative estimate of drug-likeness (QED) is 0.566. The van der Waals surface area contributed by atoms with Crippen molar-refractivity contribution >= 4 is 31.5 Å². The van der Waals surface area contributed by atoms with Crippen LogP contribution in [0.15, 0.2) is 52.1 Å². The number of aromatic nitrogens is 3. The molecule has 0 aliphatic heterocycles. The number of thiophene rings is 1. The fraction of sp³-hybridized carbons (Fsp3) is 0. The maximum Gasteiger partial charge on any atom is 0.351 e. The Hall–Kier alpha value is -2.73. The van der Waals surface area contributed by atoms with E-state index in [9.17, 15) is 9.59 Å². The third-order valence-electron chi connectivity index (χ3n) is 3.32. The lowest BCUT2D eigenvalue weighted by atomic mass is 10.1. The molecule has 4 rings (SSSR count). The zero-order valence-electron chi connectivity index (χ0n) is 10.7. The minimum atomic E-state index is -0.648. The SMILES string of the molecule is O=c1nc(-c2ccc3c(c2)sc2ccccc23)[nH]c(=O)[nH]1. The van der Waals surface area contributed by atoms with Gasteiger partial charge in [0.15, 0.2) is 0 Å². The van der Waals surface area contributed by atoms with Gasteiger partial charge in [0.25, 0.3) is 0 Å². The first-order valence-corrected chi connectivity index (χ1v) is 7.15. The molecule has 2 heterocycles. The molecule has 0 saturated carbocycles. The number of rotatable bonds is 1. The van der Waals surface area contributed by atoms with Crippen molar-refractivity contribution in [2.75, 3.05) is 0 Å². The van der Waals surface area contributed by atoms with E-state index in [1.165, 1.54) is 10.1 Å². The van der Waals surface area contributed by atoms with E-state index in [1.54, 1.807) is 11.3 Å². The van der Waals surface area contributed by atoms with E-state index in [1.807, 2.05) is 30.3 Å². The smallest absolute Gasteiger partial charge is 0.291 e. The summed E-state index contributed by atoms with van der Waals surface area (Å²) in [7, 11) is 0. The summed E-state index contributed by atoms with van der Waals surface area (Å²) in [5.74, 6) is 0.281. The van der Waals surface area contributed by atoms with Crippen LogP contribution in [0.25, 0.3) is 31.6 Å². The van der Waals surface area contributed by atoms with E-state index in [4.69, 9.17) is 0 Å². The topological polar surface area (TPSA) is 78.6 Å². The molecule has 6 heteroatoms. The van der Waals surface area contributed by atoms with Gasteiger partial charge in [-0.05, 0) is 12.1 Å². The van der Waals surface area contributed by atoms with Gasteiger partial charge in [-0.15, -0.1) is 11.3 Å². The van der Waals surface area contributed by atoms with Gasteiger partial charge < -0.3 is 0 Å². The molecule has 0 unspecified atom stereocenters. The highest BCUT2D eigenvalue weighted by atomic mass is 32.1. The van der Waals surface area contributed by atoms with Crippen molar-refractivity contribution in [1.29, 1.82) is 0 Å². The van der Waals surface area contributed by atoms with Crippen molar-refractivity contribution in [1.82, 2.24) is 15.0 Å². The van der Waals surface area contributed by atoms with E-state index in [0.717, 1.165) is 15.6 Å². The van der Waals surface area contributed by atoms with Gasteiger partial charge in [-0.25, -0.2) is 9.59 Å². The van der Waals surface area contributed by atoms with Crippen LogP contribution in [0.2, 0.25) is 0 Å². The molecular formula is C15H9N3O2S. The van der Waals surface area contributed by atoms with Crippen LogP contribution in [-0.4, -0.2) is 15.0 Å². The highest BCUT2D eigenvalue weighted by Gasteiger charge is 2.08. The summed E-state index contributed by atoms with van der Waals surface area (Å²) in [6, 6.07) is 14.0. The Morgan fingerprint density at radius 2 is 1.71 bits per heavy atom. The number of hydrogen-bond acceptors (Lipinski definition) is 4. The van der Waals surface area contributed by atoms with Gasteiger partial charge in [0, 0.05) is 25.7 Å². The summed E-state index contributed by atoms with van der Waals surface area (Å²) in [6.45, 7) is 0. The first kappa shape index (κ1) is 12.0. The molecule has 0 bridgehead atoms. The van der Waals surface area contributed by atoms with Gasteiger partial charge in [0.05, 0.1) is 0 Å². The third kappa shape index (κ3) is 1.96. The number of H-pyrrole nitrogens is 2. The molecular weight excluding hydrogens is 286 g/mol. The Balaban J connectivity index is 2.00. The van der Waals surface area contributed by atoms with E-state index >= 15 is 0 Å². The molecule has 102 valence electrons. The molecule has 21 heavy (non-hydrogen) atoms. The maximum absolute atomic E-state index is 11.3. The standard InChI is InChI=1S/C15H9N3O2S/c19-14-16-13(17-15(20)18-14)8-5-6-10-9-3-1-2-4-11(9)21-12(10)7-8/h1-7H,(H2,16,17,18,19,20). The fourth-order valence-corrected chi connectivity index (χ4v) is 3.55. The summed E-state index contributed by atoms with van der Waals surface area (Å²) in [4.78, 5) is 31.1. The van der Waals surface area contributed by atoms with Crippen molar-refractivity contribution in [3.8, 4) is 11.4 Å². The van der Waals surface area contributed by atoms with E-state index < -0.39 is 11.4 Å². The first-order chi connectivity index (χ1) is 10.2. The predicted molar refractivity (Wildman–Crippen MR) is 83.8 cm³/mol. The summed E-state index contributed by atoms with van der Waals surface area (Å²) in [5, 5.41) is 2.36. The van der Waals surface area contributed by atoms with Crippen LogP contribution in [0, 0.1) is 0 Å². The number of aromatic amines is 2. The second-order valence-electron chi connectivity index (χ2n) is 4.65. The monoisotopic (exact) mass is 295 g/mol. The summed E-state index contributed by atoms with van der Waals surface area (Å²) in [6.07, 6.45) is 0. The number of benzene rings is 2. The normalized spacial score (nSPS) is 11.2. The molecule has 0 fully saturated rings. The molecule has 2 aromatic carbocycles. The number of nitrogens with zero attached hydrogens (tertiary/aromatic N) is 1. The van der Waals surface area contributed by atoms with Crippen LogP contribution in [0.1, 0.15) is 0 Å². The molecule has 0 saturated heterocycles. The Bertz CT molecular complexity index is 1060. The van der Waals surface area contributed by atoms with Crippen LogP contribution in [-0.2, 0) is 0 Å². The van der Waals surface area contributed by atoms with E-state index in [0.29, 0.717) is 0 Å². The molecule has 4 aromatic rings. The van der Waals surface area contributed by atoms with Gasteiger partial charge in [0.2, 0.25) is 0 Å². The van der Waals surface area contributed by atoms with Crippen molar-refractivity contribution in [3.63, 3.8) is 0 Å². The molecule has 0 radical (unpaired) electrons. The lowest BCUT2D eigenvalue weighted by molar-refractivity contribution is 0.943. The molecule has 0 spiro atoms. The third-order valence-corrected chi connectivity index (χ3v) is 4.45. The first-order valence-electron chi connectivity index (χ1n) is 6.33. The molecule has 2 aromatic heterocycles. The lowest BCUT2D eigenvalue weighted by Gasteiger charge is -1.99. The van der Waals surface area contributed by atoms with Gasteiger partial charge >= 0.3 is 11.4 Å². The Morgan fingerprint density at radius 1 is 0.905 bits per heavy atom. The van der Waals surface area contributed by atoms with Crippen LogP contribution in [0.4, 0.5) is 0 Å². The fourth-order valence-electron chi connectivity index (χ4n) is 2.40. The van der Waals surface area contributed by atoms with Crippen molar-refractivity contribution in [2.45, 2.75) is 0 Å².